The quantitative estimate of drug-likeness (QED) is 0.0228. The molecule has 0 atom stereocenters. The summed E-state index contributed by atoms with van der Waals surface area (Å²) < 4.78 is 9.64. The number of halogens is 1. The molecule has 1 amide bonds. The molecule has 0 saturated carbocycles. The number of hydrogen-bond donors (Lipinski definition) is 3. The molecule has 4 N–H and O–H groups in total. The molecular weight excluding hydrogens is 978 g/mol. The number of hydrogen-bond acceptors (Lipinski definition) is 15. The average Bonchev–Trinajstić information content (AvgIpc) is 3.29. The predicted molar refractivity (Wildman–Crippen MR) is 276 cm³/mol. The van der Waals surface area contributed by atoms with Crippen molar-refractivity contribution in [3.8, 4) is 0 Å². The Morgan fingerprint density at radius 1 is 0.771 bits per heavy atom. The van der Waals surface area contributed by atoms with Crippen molar-refractivity contribution in [2.75, 3.05) is 40.3 Å². The summed E-state index contributed by atoms with van der Waals surface area (Å²) in [5.41, 5.74) is 27.3. The molecule has 0 spiro atoms. The van der Waals surface area contributed by atoms with Gasteiger partial charge in [0.15, 0.2) is 12.6 Å². The van der Waals surface area contributed by atoms with Gasteiger partial charge < -0.3 is 38.7 Å². The Kier molecular flexibility index (Phi) is 54.6. The molecular formula is C47H74BBrN10NaO10. The number of alkyl carbamates (subject to hydrolysis) is 1. The number of aryl methyl sites for hydroxylation is 3. The van der Waals surface area contributed by atoms with Crippen LogP contribution in [0.4, 0.5) is 16.2 Å². The van der Waals surface area contributed by atoms with E-state index >= 15 is 0 Å². The van der Waals surface area contributed by atoms with Crippen molar-refractivity contribution < 1.29 is 77.5 Å². The Hall–Kier alpha value is -5.28. The van der Waals surface area contributed by atoms with Crippen molar-refractivity contribution in [1.82, 2.24) is 15.5 Å². The van der Waals surface area contributed by atoms with Crippen molar-refractivity contribution in [2.24, 2.45) is 16.0 Å². The largest absolute Gasteiger partial charge is 1.00 e. The SMILES string of the molecule is CC.CC(=O)OOC(C)=O.CCCN.CCCN(C)C.Cc1cccc(C=O)c1Br.Cc1cccc(C=O)c1N=[N+]=[N-].Cc1cccc(CNCCNC(=O)OC(C)(C)C)c1N=[N+]=[N-].[B-]OC(C)=O.[Na+]. The van der Waals surface area contributed by atoms with Gasteiger partial charge in [0.05, 0.1) is 5.69 Å². The molecule has 383 valence electrons. The number of carbonyl (C=O) groups is 6. The molecule has 23 heteroatoms. The topological polar surface area (TPSA) is 290 Å². The predicted octanol–water partition coefficient (Wildman–Crippen LogP) is 7.87. The smallest absolute Gasteiger partial charge is 0.793 e. The van der Waals surface area contributed by atoms with Crippen molar-refractivity contribution >= 4 is 71.9 Å². The minimum absolute atomic E-state index is 0. The van der Waals surface area contributed by atoms with Crippen LogP contribution in [-0.2, 0) is 40.1 Å². The summed E-state index contributed by atoms with van der Waals surface area (Å²) in [5.74, 6) is -1.74. The molecule has 3 rings (SSSR count). The second-order valence-electron chi connectivity index (χ2n) is 14.6. The average molecular weight is 1050 g/mol. The van der Waals surface area contributed by atoms with Gasteiger partial charge in [-0.15, -0.1) is 0 Å². The molecule has 0 aliphatic heterocycles. The second kappa shape index (κ2) is 50.1. The van der Waals surface area contributed by atoms with Gasteiger partial charge in [0.2, 0.25) is 5.97 Å². The van der Waals surface area contributed by atoms with E-state index in [0.29, 0.717) is 48.4 Å². The number of rotatable bonds is 12. The number of ether oxygens (including phenoxy) is 1. The monoisotopic (exact) mass is 1050 g/mol. The first kappa shape index (κ1) is 76.2. The molecule has 20 nitrogen and oxygen atoms in total. The molecule has 70 heavy (non-hydrogen) atoms. The van der Waals surface area contributed by atoms with Crippen molar-refractivity contribution in [1.29, 1.82) is 0 Å². The molecule has 3 radical (unpaired) electrons. The summed E-state index contributed by atoms with van der Waals surface area (Å²) in [5, 5.41) is 13.0. The van der Waals surface area contributed by atoms with Gasteiger partial charge in [-0.2, -0.15) is 0 Å². The van der Waals surface area contributed by atoms with Gasteiger partial charge in [-0.05, 0) is 131 Å². The molecule has 0 aliphatic rings. The van der Waals surface area contributed by atoms with Gasteiger partial charge >= 0.3 is 47.6 Å². The molecule has 0 bridgehead atoms. The van der Waals surface area contributed by atoms with Crippen LogP contribution in [0.5, 0.6) is 0 Å². The van der Waals surface area contributed by atoms with E-state index in [-0.39, 0.29) is 29.6 Å². The summed E-state index contributed by atoms with van der Waals surface area (Å²) >= 11 is 3.31. The van der Waals surface area contributed by atoms with Crippen LogP contribution in [0.15, 0.2) is 69.3 Å². The normalized spacial score (nSPS) is 8.96. The van der Waals surface area contributed by atoms with E-state index in [1.54, 1.807) is 31.2 Å². The van der Waals surface area contributed by atoms with E-state index in [2.05, 4.69) is 102 Å². The van der Waals surface area contributed by atoms with E-state index < -0.39 is 29.6 Å². The fourth-order valence-corrected chi connectivity index (χ4v) is 4.48. The molecule has 0 unspecified atom stereocenters. The number of nitrogens with one attached hydrogen (secondary N) is 2. The van der Waals surface area contributed by atoms with Gasteiger partial charge in [0, 0.05) is 71.5 Å². The molecule has 0 saturated heterocycles. The van der Waals surface area contributed by atoms with E-state index in [1.165, 1.54) is 19.9 Å². The maximum absolute atomic E-state index is 11.5. The molecule has 0 fully saturated rings. The summed E-state index contributed by atoms with van der Waals surface area (Å²) in [6.07, 6.45) is 3.45. The third-order valence-corrected chi connectivity index (χ3v) is 8.13. The second-order valence-corrected chi connectivity index (χ2v) is 15.4. The number of benzene rings is 3. The summed E-state index contributed by atoms with van der Waals surface area (Å²) in [7, 11) is 8.50. The zero-order valence-electron chi connectivity index (χ0n) is 44.0. The van der Waals surface area contributed by atoms with Crippen LogP contribution >= 0.6 is 15.9 Å². The van der Waals surface area contributed by atoms with Crippen molar-refractivity contribution in [2.45, 2.75) is 115 Å². The number of carbonyl (C=O) groups excluding carboxylic acids is 6. The van der Waals surface area contributed by atoms with Crippen LogP contribution in [0, 0.1) is 20.8 Å². The van der Waals surface area contributed by atoms with Gasteiger partial charge in [-0.3, -0.25) is 14.4 Å². The number of azide groups is 2. The summed E-state index contributed by atoms with van der Waals surface area (Å²) in [4.78, 5) is 76.7. The number of aldehydes is 2. The third-order valence-electron chi connectivity index (χ3n) is 7.04. The number of amides is 1. The number of nitrogens with zero attached hydrogens (tertiary/aromatic N) is 7. The minimum atomic E-state index is -0.639. The van der Waals surface area contributed by atoms with Gasteiger partial charge in [-0.1, -0.05) is 92.5 Å². The van der Waals surface area contributed by atoms with Crippen LogP contribution in [0.25, 0.3) is 20.9 Å². The molecule has 3 aromatic carbocycles. The first-order valence-electron chi connectivity index (χ1n) is 21.7. The van der Waals surface area contributed by atoms with Crippen molar-refractivity contribution in [3.63, 3.8) is 0 Å². The Balaban J connectivity index is -0.000000183. The third kappa shape index (κ3) is 47.8. The minimum Gasteiger partial charge on any atom is -0.793 e. The molecule has 3 aromatic rings. The van der Waals surface area contributed by atoms with E-state index in [1.807, 2.05) is 78.8 Å². The van der Waals surface area contributed by atoms with Gasteiger partial charge in [0.1, 0.15) is 5.60 Å². The summed E-state index contributed by atoms with van der Waals surface area (Å²) in [6, 6.07) is 16.5. The fraction of sp³-hybridized carbons (Fsp3) is 0.489. The Morgan fingerprint density at radius 3 is 1.56 bits per heavy atom. The fourth-order valence-electron chi connectivity index (χ4n) is 4.12. The number of nitrogens with two attached hydrogens (primary N) is 1. The molecule has 0 heterocycles. The zero-order valence-corrected chi connectivity index (χ0v) is 47.6. The van der Waals surface area contributed by atoms with Crippen LogP contribution < -0.4 is 45.9 Å². The molecule has 0 aliphatic carbocycles. The van der Waals surface area contributed by atoms with Crippen LogP contribution in [0.1, 0.15) is 125 Å². The van der Waals surface area contributed by atoms with E-state index in [0.717, 1.165) is 59.8 Å². The first-order valence-corrected chi connectivity index (χ1v) is 22.4. The maximum atomic E-state index is 11.5. The van der Waals surface area contributed by atoms with Crippen LogP contribution in [0.3, 0.4) is 0 Å². The Morgan fingerprint density at radius 2 is 1.20 bits per heavy atom. The Labute approximate surface area is 446 Å². The van der Waals surface area contributed by atoms with E-state index in [4.69, 9.17) is 21.5 Å². The maximum Gasteiger partial charge on any atom is 1.00 e. The van der Waals surface area contributed by atoms with Crippen LogP contribution in [-0.4, -0.2) is 95.4 Å². The summed E-state index contributed by atoms with van der Waals surface area (Å²) in [6.45, 7) is 26.5. The van der Waals surface area contributed by atoms with Crippen molar-refractivity contribution in [3.05, 3.63) is 113 Å². The first-order chi connectivity index (χ1) is 32.5. The Bertz CT molecular complexity index is 2020. The van der Waals surface area contributed by atoms with Crippen LogP contribution in [0.2, 0.25) is 0 Å². The van der Waals surface area contributed by atoms with Gasteiger partial charge in [0.25, 0.3) is 0 Å². The van der Waals surface area contributed by atoms with Gasteiger partial charge in [-0.25, -0.2) is 24.2 Å². The molecule has 0 aromatic heterocycles. The van der Waals surface area contributed by atoms with E-state index in [9.17, 15) is 28.8 Å². The zero-order chi connectivity index (χ0) is 54.4. The standard InChI is InChI=1S/C15H23N5O2.C8H7BrO.C8H7N3O.C5H13N.C4H6O4.C3H9N.C2H3BO2.C2H6.Na/c1-11-6-5-7-12(13(11)19-20-16)10-17-8-9-18-14(21)22-15(2,3)4;1-6-3-2-4-7(5-10)8(6)9;1-6-3-2-4-7(5-12)8(6)10-11-9;1-4-5-6(2)3;1-3(5)7-8-4(2)6;1-2-3-4;1-2(4)5-3;1-2;/h5-7,17H,8-10H2,1-4H3,(H,18,21);2-5H,1H3;2-5H,1H3;4-5H2,1-3H3;1-2H3;2-4H2,1H3;1H3;1-2H3;/q;;;;;;-1;;+1.